The highest BCUT2D eigenvalue weighted by atomic mass is 16.4. The van der Waals surface area contributed by atoms with Crippen molar-refractivity contribution in [3.8, 4) is 0 Å². The first-order valence-corrected chi connectivity index (χ1v) is 7.92. The molecule has 22 heavy (non-hydrogen) atoms. The van der Waals surface area contributed by atoms with Crippen LogP contribution in [0.1, 0.15) is 51.8 Å². The van der Waals surface area contributed by atoms with Crippen molar-refractivity contribution in [1.29, 1.82) is 0 Å². The van der Waals surface area contributed by atoms with Crippen LogP contribution in [0.2, 0.25) is 0 Å². The lowest BCUT2D eigenvalue weighted by molar-refractivity contribution is 0.110. The van der Waals surface area contributed by atoms with E-state index in [0.29, 0.717) is 24.4 Å². The molecule has 0 aliphatic carbocycles. The van der Waals surface area contributed by atoms with Crippen LogP contribution >= 0.6 is 0 Å². The van der Waals surface area contributed by atoms with Crippen molar-refractivity contribution < 1.29 is 4.42 Å². The number of piperidine rings is 1. The van der Waals surface area contributed by atoms with Crippen LogP contribution in [0.4, 0.5) is 0 Å². The molecule has 0 radical (unpaired) electrons. The maximum absolute atomic E-state index is 5.84. The highest BCUT2D eigenvalue weighted by Gasteiger charge is 2.26. The van der Waals surface area contributed by atoms with Crippen LogP contribution in [0.5, 0.6) is 0 Å². The van der Waals surface area contributed by atoms with Crippen molar-refractivity contribution in [2.75, 3.05) is 6.54 Å². The Morgan fingerprint density at radius 2 is 2.14 bits per heavy atom. The molecule has 0 amide bonds. The molecule has 120 valence electrons. The van der Waals surface area contributed by atoms with Gasteiger partial charge in [0.25, 0.3) is 0 Å². The summed E-state index contributed by atoms with van der Waals surface area (Å²) in [6, 6.07) is 0.445. The van der Waals surface area contributed by atoms with Gasteiger partial charge in [0.2, 0.25) is 11.8 Å². The molecule has 2 aromatic rings. The van der Waals surface area contributed by atoms with E-state index in [1.807, 2.05) is 4.68 Å². The SMILES string of the molecule is CC(C)(C)c1nnc(CN2CCCC[C@@H]2Cn2cncn2)o1. The molecule has 2 aromatic heterocycles. The van der Waals surface area contributed by atoms with Gasteiger partial charge in [-0.1, -0.05) is 27.2 Å². The Kier molecular flexibility index (Phi) is 4.24. The van der Waals surface area contributed by atoms with Crippen LogP contribution in [0.15, 0.2) is 17.1 Å². The van der Waals surface area contributed by atoms with Crippen LogP contribution in [-0.4, -0.2) is 42.4 Å². The molecule has 0 bridgehead atoms. The van der Waals surface area contributed by atoms with Crippen LogP contribution in [0.25, 0.3) is 0 Å². The molecule has 1 fully saturated rings. The largest absolute Gasteiger partial charge is 0.423 e. The van der Waals surface area contributed by atoms with Gasteiger partial charge >= 0.3 is 0 Å². The van der Waals surface area contributed by atoms with Crippen molar-refractivity contribution in [2.45, 2.75) is 64.6 Å². The number of nitrogens with zero attached hydrogens (tertiary/aromatic N) is 6. The highest BCUT2D eigenvalue weighted by Crippen LogP contribution is 2.23. The summed E-state index contributed by atoms with van der Waals surface area (Å²) in [4.78, 5) is 6.44. The Balaban J connectivity index is 1.67. The maximum atomic E-state index is 5.84. The van der Waals surface area contributed by atoms with Crippen LogP contribution < -0.4 is 0 Å². The van der Waals surface area contributed by atoms with E-state index in [2.05, 4.69) is 46.0 Å². The Morgan fingerprint density at radius 3 is 2.82 bits per heavy atom. The van der Waals surface area contributed by atoms with Gasteiger partial charge in [0.1, 0.15) is 12.7 Å². The third kappa shape index (κ3) is 3.52. The standard InChI is InChI=1S/C15H24N6O/c1-15(2,3)14-19-18-13(22-14)9-20-7-5-4-6-12(20)8-21-11-16-10-17-21/h10-12H,4-9H2,1-3H3/t12-/m1/s1. The minimum absolute atomic E-state index is 0.104. The summed E-state index contributed by atoms with van der Waals surface area (Å²) in [6.07, 6.45) is 7.00. The second-order valence-electron chi connectivity index (χ2n) is 6.99. The zero-order valence-corrected chi connectivity index (χ0v) is 13.6. The number of hydrogen-bond donors (Lipinski definition) is 0. The Labute approximate surface area is 130 Å². The summed E-state index contributed by atoms with van der Waals surface area (Å²) in [5.41, 5.74) is -0.104. The number of aromatic nitrogens is 5. The predicted molar refractivity (Wildman–Crippen MR) is 81.1 cm³/mol. The van der Waals surface area contributed by atoms with Crippen molar-refractivity contribution in [3.05, 3.63) is 24.4 Å². The molecule has 7 nitrogen and oxygen atoms in total. The molecular formula is C15H24N6O. The fourth-order valence-corrected chi connectivity index (χ4v) is 2.81. The zero-order chi connectivity index (χ0) is 15.6. The molecule has 0 saturated carbocycles. The van der Waals surface area contributed by atoms with Crippen molar-refractivity contribution in [3.63, 3.8) is 0 Å². The minimum Gasteiger partial charge on any atom is -0.423 e. The van der Waals surface area contributed by atoms with E-state index in [4.69, 9.17) is 4.42 Å². The quantitative estimate of drug-likeness (QED) is 0.860. The Hall–Kier alpha value is -1.76. The first-order valence-electron chi connectivity index (χ1n) is 7.92. The number of likely N-dealkylation sites (tertiary alicyclic amines) is 1. The van der Waals surface area contributed by atoms with Gasteiger partial charge in [0, 0.05) is 11.5 Å². The summed E-state index contributed by atoms with van der Waals surface area (Å²) in [6.45, 7) is 8.88. The number of rotatable bonds is 4. The summed E-state index contributed by atoms with van der Waals surface area (Å²) in [5, 5.41) is 12.6. The smallest absolute Gasteiger partial charge is 0.230 e. The lowest BCUT2D eigenvalue weighted by atomic mass is 9.97. The van der Waals surface area contributed by atoms with E-state index in [1.165, 1.54) is 19.3 Å². The molecule has 3 rings (SSSR count). The third-order valence-electron chi connectivity index (χ3n) is 4.06. The Morgan fingerprint density at radius 1 is 1.27 bits per heavy atom. The molecule has 0 unspecified atom stereocenters. The van der Waals surface area contributed by atoms with Gasteiger partial charge in [0.15, 0.2) is 0 Å². The third-order valence-corrected chi connectivity index (χ3v) is 4.06. The molecule has 1 saturated heterocycles. The van der Waals surface area contributed by atoms with Crippen molar-refractivity contribution >= 4 is 0 Å². The molecule has 3 heterocycles. The van der Waals surface area contributed by atoms with E-state index in [-0.39, 0.29) is 5.41 Å². The van der Waals surface area contributed by atoms with Crippen LogP contribution in [-0.2, 0) is 18.5 Å². The molecule has 1 aliphatic heterocycles. The van der Waals surface area contributed by atoms with E-state index in [9.17, 15) is 0 Å². The minimum atomic E-state index is -0.104. The van der Waals surface area contributed by atoms with Gasteiger partial charge in [-0.3, -0.25) is 9.58 Å². The number of hydrogen-bond acceptors (Lipinski definition) is 6. The average Bonchev–Trinajstić information content (AvgIpc) is 3.11. The summed E-state index contributed by atoms with van der Waals surface area (Å²) in [7, 11) is 0. The van der Waals surface area contributed by atoms with Crippen molar-refractivity contribution in [1.82, 2.24) is 29.9 Å². The van der Waals surface area contributed by atoms with E-state index >= 15 is 0 Å². The van der Waals surface area contributed by atoms with Gasteiger partial charge in [-0.2, -0.15) is 5.10 Å². The van der Waals surface area contributed by atoms with Gasteiger partial charge < -0.3 is 4.42 Å². The fourth-order valence-electron chi connectivity index (χ4n) is 2.81. The second-order valence-corrected chi connectivity index (χ2v) is 6.99. The maximum Gasteiger partial charge on any atom is 0.230 e. The molecule has 1 atom stereocenters. The molecule has 0 spiro atoms. The zero-order valence-electron chi connectivity index (χ0n) is 13.6. The van der Waals surface area contributed by atoms with E-state index < -0.39 is 0 Å². The van der Waals surface area contributed by atoms with Gasteiger partial charge in [0.05, 0.1) is 13.1 Å². The lowest BCUT2D eigenvalue weighted by Crippen LogP contribution is -2.41. The summed E-state index contributed by atoms with van der Waals surface area (Å²) in [5.74, 6) is 1.41. The van der Waals surface area contributed by atoms with Gasteiger partial charge in [-0.15, -0.1) is 10.2 Å². The normalized spacial score (nSPS) is 20.4. The molecule has 1 aliphatic rings. The first-order chi connectivity index (χ1) is 10.5. The first kappa shape index (κ1) is 15.1. The molecule has 0 aromatic carbocycles. The molecular weight excluding hydrogens is 280 g/mol. The predicted octanol–water partition coefficient (Wildman–Crippen LogP) is 2.01. The monoisotopic (exact) mass is 304 g/mol. The van der Waals surface area contributed by atoms with Crippen LogP contribution in [0, 0.1) is 0 Å². The van der Waals surface area contributed by atoms with Crippen molar-refractivity contribution in [2.24, 2.45) is 0 Å². The lowest BCUT2D eigenvalue weighted by Gasteiger charge is -2.34. The fraction of sp³-hybridized carbons (Fsp3) is 0.733. The molecule has 7 heteroatoms. The summed E-state index contributed by atoms with van der Waals surface area (Å²) < 4.78 is 7.74. The van der Waals surface area contributed by atoms with E-state index in [1.54, 1.807) is 12.7 Å². The Bertz CT molecular complexity index is 585. The highest BCUT2D eigenvalue weighted by molar-refractivity contribution is 4.96. The molecule has 0 N–H and O–H groups in total. The van der Waals surface area contributed by atoms with Gasteiger partial charge in [-0.25, -0.2) is 4.98 Å². The summed E-state index contributed by atoms with van der Waals surface area (Å²) >= 11 is 0. The van der Waals surface area contributed by atoms with Crippen LogP contribution in [0.3, 0.4) is 0 Å². The topological polar surface area (TPSA) is 72.9 Å². The van der Waals surface area contributed by atoms with Gasteiger partial charge in [-0.05, 0) is 19.4 Å². The van der Waals surface area contributed by atoms with E-state index in [0.717, 1.165) is 13.1 Å². The second kappa shape index (κ2) is 6.16. The average molecular weight is 304 g/mol.